The first-order chi connectivity index (χ1) is 6.74. The largest absolute Gasteiger partial charge is 0.391 e. The zero-order valence-electron chi connectivity index (χ0n) is 7.90. The Morgan fingerprint density at radius 2 is 2.50 bits per heavy atom. The van der Waals surface area contributed by atoms with E-state index < -0.39 is 0 Å². The van der Waals surface area contributed by atoms with Gasteiger partial charge in [0.15, 0.2) is 0 Å². The highest BCUT2D eigenvalue weighted by Gasteiger charge is 2.06. The summed E-state index contributed by atoms with van der Waals surface area (Å²) >= 11 is 4.95. The third-order valence-corrected chi connectivity index (χ3v) is 3.63. The number of thioether (sulfide) groups is 1. The van der Waals surface area contributed by atoms with E-state index in [4.69, 9.17) is 0 Å². The Morgan fingerprint density at radius 1 is 1.71 bits per heavy atom. The average Bonchev–Trinajstić information content (AvgIpc) is 2.17. The van der Waals surface area contributed by atoms with Crippen molar-refractivity contribution < 1.29 is 5.11 Å². The van der Waals surface area contributed by atoms with Crippen LogP contribution < -0.4 is 5.32 Å². The molecule has 0 bridgehead atoms. The molecule has 78 valence electrons. The first-order valence-corrected chi connectivity index (χ1v) is 6.08. The number of likely N-dealkylation sites (N-methyl/N-ethyl adjacent to an activating group) is 1. The van der Waals surface area contributed by atoms with Gasteiger partial charge in [0.25, 0.3) is 0 Å². The highest BCUT2D eigenvalue weighted by atomic mass is 79.9. The van der Waals surface area contributed by atoms with Crippen LogP contribution in [0.5, 0.6) is 0 Å². The summed E-state index contributed by atoms with van der Waals surface area (Å²) in [4.78, 5) is 4.19. The van der Waals surface area contributed by atoms with Crippen LogP contribution in [-0.2, 0) is 0 Å². The molecule has 0 spiro atoms. The maximum atomic E-state index is 9.47. The quantitative estimate of drug-likeness (QED) is 0.801. The summed E-state index contributed by atoms with van der Waals surface area (Å²) in [5, 5.41) is 13.3. The number of hydrogen-bond acceptors (Lipinski definition) is 4. The maximum absolute atomic E-state index is 9.47. The molecule has 0 radical (unpaired) electrons. The number of halogens is 1. The van der Waals surface area contributed by atoms with Gasteiger partial charge in [-0.3, -0.25) is 0 Å². The molecule has 5 heteroatoms. The second-order valence-electron chi connectivity index (χ2n) is 2.81. The molecule has 1 aromatic heterocycles. The molecule has 0 aliphatic carbocycles. The smallest absolute Gasteiger partial charge is 0.110 e. The molecule has 0 aromatic carbocycles. The van der Waals surface area contributed by atoms with Crippen LogP contribution in [0, 0.1) is 0 Å². The van der Waals surface area contributed by atoms with E-state index in [1.807, 2.05) is 19.2 Å². The van der Waals surface area contributed by atoms with Gasteiger partial charge in [-0.1, -0.05) is 0 Å². The summed E-state index contributed by atoms with van der Waals surface area (Å²) in [6, 6.07) is 3.82. The topological polar surface area (TPSA) is 45.1 Å². The second-order valence-corrected chi connectivity index (χ2v) is 4.68. The molecular formula is C9H13BrN2OS. The zero-order chi connectivity index (χ0) is 10.4. The number of hydrogen-bond donors (Lipinski definition) is 2. The molecule has 0 aliphatic rings. The van der Waals surface area contributed by atoms with Gasteiger partial charge in [0.2, 0.25) is 0 Å². The Hall–Kier alpha value is -0.100. The van der Waals surface area contributed by atoms with Crippen LogP contribution in [0.4, 0.5) is 0 Å². The van der Waals surface area contributed by atoms with E-state index in [0.29, 0.717) is 12.3 Å². The Kier molecular flexibility index (Phi) is 5.47. The lowest BCUT2D eigenvalue weighted by molar-refractivity contribution is 0.199. The van der Waals surface area contributed by atoms with Gasteiger partial charge in [0.1, 0.15) is 5.03 Å². The van der Waals surface area contributed by atoms with Crippen molar-refractivity contribution in [2.45, 2.75) is 11.1 Å². The molecule has 3 nitrogen and oxygen atoms in total. The molecule has 0 saturated carbocycles. The monoisotopic (exact) mass is 276 g/mol. The fourth-order valence-corrected chi connectivity index (χ4v) is 2.35. The SMILES string of the molecule is CNCC(O)CSc1ncccc1Br. The van der Waals surface area contributed by atoms with Gasteiger partial charge in [-0.05, 0) is 35.1 Å². The van der Waals surface area contributed by atoms with Crippen LogP contribution in [0.15, 0.2) is 27.8 Å². The van der Waals surface area contributed by atoms with Gasteiger partial charge < -0.3 is 10.4 Å². The van der Waals surface area contributed by atoms with Crippen molar-refractivity contribution in [1.82, 2.24) is 10.3 Å². The number of pyridine rings is 1. The predicted octanol–water partition coefficient (Wildman–Crippen LogP) is 1.52. The van der Waals surface area contributed by atoms with Crippen LogP contribution in [0.1, 0.15) is 0 Å². The average molecular weight is 277 g/mol. The number of nitrogens with zero attached hydrogens (tertiary/aromatic N) is 1. The third-order valence-electron chi connectivity index (χ3n) is 1.58. The summed E-state index contributed by atoms with van der Waals surface area (Å²) in [6.07, 6.45) is 1.41. The third kappa shape index (κ3) is 3.96. The van der Waals surface area contributed by atoms with Crippen LogP contribution in [0.25, 0.3) is 0 Å². The van der Waals surface area contributed by atoms with Gasteiger partial charge in [-0.15, -0.1) is 11.8 Å². The van der Waals surface area contributed by atoms with Crippen molar-refractivity contribution in [1.29, 1.82) is 0 Å². The van der Waals surface area contributed by atoms with Gasteiger partial charge in [-0.25, -0.2) is 4.98 Å². The van der Waals surface area contributed by atoms with Crippen LogP contribution in [0.3, 0.4) is 0 Å². The molecule has 0 aliphatic heterocycles. The van der Waals surface area contributed by atoms with E-state index in [1.54, 1.807) is 18.0 Å². The number of nitrogens with one attached hydrogen (secondary N) is 1. The summed E-state index contributed by atoms with van der Waals surface area (Å²) in [5.41, 5.74) is 0. The Morgan fingerprint density at radius 3 is 3.14 bits per heavy atom. The molecular weight excluding hydrogens is 264 g/mol. The normalized spacial score (nSPS) is 12.8. The molecule has 2 N–H and O–H groups in total. The van der Waals surface area contributed by atoms with Crippen molar-refractivity contribution in [3.8, 4) is 0 Å². The Bertz CT molecular complexity index is 285. The summed E-state index contributed by atoms with van der Waals surface area (Å²) in [6.45, 7) is 0.609. The highest BCUT2D eigenvalue weighted by molar-refractivity contribution is 9.10. The summed E-state index contributed by atoms with van der Waals surface area (Å²) < 4.78 is 0.974. The van der Waals surface area contributed by atoms with E-state index in [0.717, 1.165) is 9.50 Å². The maximum Gasteiger partial charge on any atom is 0.110 e. The van der Waals surface area contributed by atoms with Crippen molar-refractivity contribution in [2.24, 2.45) is 0 Å². The van der Waals surface area contributed by atoms with E-state index in [9.17, 15) is 5.11 Å². The number of aromatic nitrogens is 1. The van der Waals surface area contributed by atoms with Gasteiger partial charge in [0.05, 0.1) is 6.10 Å². The van der Waals surface area contributed by atoms with Gasteiger partial charge in [0, 0.05) is 23.0 Å². The fraction of sp³-hybridized carbons (Fsp3) is 0.444. The van der Waals surface area contributed by atoms with Crippen LogP contribution in [-0.4, -0.2) is 35.5 Å². The molecule has 14 heavy (non-hydrogen) atoms. The number of aliphatic hydroxyl groups excluding tert-OH is 1. The lowest BCUT2D eigenvalue weighted by Crippen LogP contribution is -2.25. The fourth-order valence-electron chi connectivity index (χ4n) is 0.947. The minimum Gasteiger partial charge on any atom is -0.391 e. The first kappa shape index (κ1) is 12.0. The Labute approximate surface area is 96.4 Å². The lowest BCUT2D eigenvalue weighted by Gasteiger charge is -2.09. The van der Waals surface area contributed by atoms with Crippen molar-refractivity contribution >= 4 is 27.7 Å². The number of aliphatic hydroxyl groups is 1. The first-order valence-electron chi connectivity index (χ1n) is 4.30. The zero-order valence-corrected chi connectivity index (χ0v) is 10.3. The van der Waals surface area contributed by atoms with Crippen LogP contribution >= 0.6 is 27.7 Å². The number of rotatable bonds is 5. The van der Waals surface area contributed by atoms with Crippen molar-refractivity contribution in [3.63, 3.8) is 0 Å². The molecule has 1 unspecified atom stereocenters. The van der Waals surface area contributed by atoms with Gasteiger partial charge >= 0.3 is 0 Å². The standard InChI is InChI=1S/C9H13BrN2OS/c1-11-5-7(13)6-14-9-8(10)3-2-4-12-9/h2-4,7,11,13H,5-6H2,1H3. The summed E-state index contributed by atoms with van der Waals surface area (Å²) in [7, 11) is 1.82. The van der Waals surface area contributed by atoms with Crippen LogP contribution in [0.2, 0.25) is 0 Å². The van der Waals surface area contributed by atoms with E-state index in [-0.39, 0.29) is 6.10 Å². The van der Waals surface area contributed by atoms with E-state index in [1.165, 1.54) is 0 Å². The molecule has 1 rings (SSSR count). The Balaban J connectivity index is 2.41. The van der Waals surface area contributed by atoms with Crippen molar-refractivity contribution in [3.05, 3.63) is 22.8 Å². The molecule has 0 amide bonds. The molecule has 1 aromatic rings. The predicted molar refractivity (Wildman–Crippen MR) is 62.6 cm³/mol. The van der Waals surface area contributed by atoms with Crippen molar-refractivity contribution in [2.75, 3.05) is 19.3 Å². The highest BCUT2D eigenvalue weighted by Crippen LogP contribution is 2.24. The molecule has 1 heterocycles. The summed E-state index contributed by atoms with van der Waals surface area (Å²) in [5.74, 6) is 0.649. The van der Waals surface area contributed by atoms with Gasteiger partial charge in [-0.2, -0.15) is 0 Å². The minimum atomic E-state index is -0.334. The van der Waals surface area contributed by atoms with E-state index >= 15 is 0 Å². The second kappa shape index (κ2) is 6.40. The lowest BCUT2D eigenvalue weighted by atomic mass is 10.4. The molecule has 1 atom stereocenters. The minimum absolute atomic E-state index is 0.334. The van der Waals surface area contributed by atoms with E-state index in [2.05, 4.69) is 26.2 Å². The molecule has 0 saturated heterocycles. The molecule has 0 fully saturated rings.